The molecule has 2 aromatic heterocycles. The molecule has 140 valence electrons. The molecule has 0 aliphatic carbocycles. The van der Waals surface area contributed by atoms with E-state index in [4.69, 9.17) is 0 Å². The van der Waals surface area contributed by atoms with Crippen molar-refractivity contribution in [3.05, 3.63) is 71.8 Å². The second kappa shape index (κ2) is 8.49. The van der Waals surface area contributed by atoms with Crippen LogP contribution in [0.15, 0.2) is 54.9 Å². The normalized spacial score (nSPS) is 10.7. The van der Waals surface area contributed by atoms with Gasteiger partial charge in [0.15, 0.2) is 0 Å². The van der Waals surface area contributed by atoms with Crippen LogP contribution >= 0.6 is 0 Å². The number of aromatic nitrogens is 2. The molecule has 0 fully saturated rings. The number of nitrogens with zero attached hydrogens (tertiary/aromatic N) is 3. The maximum Gasteiger partial charge on any atom is 0.253 e. The average molecular weight is 364 g/mol. The highest BCUT2D eigenvalue weighted by Crippen LogP contribution is 2.09. The zero-order valence-corrected chi connectivity index (χ0v) is 15.7. The molecule has 0 aliphatic heterocycles. The van der Waals surface area contributed by atoms with Crippen LogP contribution in [0.25, 0.3) is 5.52 Å². The summed E-state index contributed by atoms with van der Waals surface area (Å²) in [4.78, 5) is 29.9. The number of nitrogens with one attached hydrogen (secondary N) is 1. The van der Waals surface area contributed by atoms with Gasteiger partial charge in [-0.2, -0.15) is 0 Å². The van der Waals surface area contributed by atoms with Crippen molar-refractivity contribution in [3.63, 3.8) is 0 Å². The Morgan fingerprint density at radius 2 is 1.85 bits per heavy atom. The summed E-state index contributed by atoms with van der Waals surface area (Å²) in [6.07, 6.45) is 5.56. The number of carbonyl (C=O) groups excluding carboxylic acids is 2. The molecule has 0 spiro atoms. The van der Waals surface area contributed by atoms with Crippen LogP contribution in [0.2, 0.25) is 0 Å². The molecule has 0 atom stereocenters. The van der Waals surface area contributed by atoms with Crippen LogP contribution in [-0.4, -0.2) is 46.7 Å². The van der Waals surface area contributed by atoms with Crippen molar-refractivity contribution in [2.45, 2.75) is 19.3 Å². The first kappa shape index (κ1) is 18.6. The minimum atomic E-state index is -0.0224. The number of imidazole rings is 1. The van der Waals surface area contributed by atoms with Crippen LogP contribution < -0.4 is 5.32 Å². The molecule has 27 heavy (non-hydrogen) atoms. The third-order valence-electron chi connectivity index (χ3n) is 4.43. The molecule has 1 N–H and O–H groups in total. The van der Waals surface area contributed by atoms with E-state index in [1.807, 2.05) is 47.1 Å². The van der Waals surface area contributed by atoms with E-state index in [0.29, 0.717) is 31.4 Å². The number of pyridine rings is 1. The lowest BCUT2D eigenvalue weighted by Crippen LogP contribution is -2.26. The summed E-state index contributed by atoms with van der Waals surface area (Å²) in [6, 6.07) is 13.4. The molecule has 2 amide bonds. The molecule has 0 aliphatic rings. The fourth-order valence-corrected chi connectivity index (χ4v) is 2.92. The highest BCUT2D eigenvalue weighted by Gasteiger charge is 2.08. The van der Waals surface area contributed by atoms with Gasteiger partial charge < -0.3 is 14.6 Å². The molecule has 6 heteroatoms. The Labute approximate surface area is 158 Å². The summed E-state index contributed by atoms with van der Waals surface area (Å²) >= 11 is 0. The van der Waals surface area contributed by atoms with Crippen LogP contribution in [-0.2, 0) is 17.6 Å². The highest BCUT2D eigenvalue weighted by molar-refractivity contribution is 5.93. The molecule has 2 heterocycles. The molecule has 0 radical (unpaired) electrons. The molecule has 3 rings (SSSR count). The Balaban J connectivity index is 1.44. The van der Waals surface area contributed by atoms with Gasteiger partial charge >= 0.3 is 0 Å². The smallest absolute Gasteiger partial charge is 0.253 e. The lowest BCUT2D eigenvalue weighted by Gasteiger charge is -2.10. The third kappa shape index (κ3) is 4.73. The van der Waals surface area contributed by atoms with E-state index >= 15 is 0 Å². The van der Waals surface area contributed by atoms with Crippen molar-refractivity contribution in [3.8, 4) is 0 Å². The Morgan fingerprint density at radius 1 is 1.07 bits per heavy atom. The van der Waals surface area contributed by atoms with Gasteiger partial charge in [0.25, 0.3) is 5.91 Å². The van der Waals surface area contributed by atoms with Crippen molar-refractivity contribution < 1.29 is 9.59 Å². The minimum Gasteiger partial charge on any atom is -0.356 e. The lowest BCUT2D eigenvalue weighted by atomic mass is 10.1. The molecule has 1 aromatic carbocycles. The summed E-state index contributed by atoms with van der Waals surface area (Å²) < 4.78 is 2.03. The zero-order chi connectivity index (χ0) is 19.2. The number of rotatable bonds is 7. The summed E-state index contributed by atoms with van der Waals surface area (Å²) in [6.45, 7) is 0.559. The van der Waals surface area contributed by atoms with E-state index in [0.717, 1.165) is 16.9 Å². The lowest BCUT2D eigenvalue weighted by molar-refractivity contribution is -0.121. The molecule has 0 bridgehead atoms. The quantitative estimate of drug-likeness (QED) is 0.700. The molecule has 0 saturated carbocycles. The summed E-state index contributed by atoms with van der Waals surface area (Å²) in [5, 5.41) is 2.95. The Kier molecular flexibility index (Phi) is 5.86. The van der Waals surface area contributed by atoms with Crippen LogP contribution in [0.3, 0.4) is 0 Å². The molecule has 3 aromatic rings. The summed E-state index contributed by atoms with van der Waals surface area (Å²) in [7, 11) is 3.46. The van der Waals surface area contributed by atoms with Gasteiger partial charge in [-0.1, -0.05) is 18.2 Å². The number of carbonyl (C=O) groups is 2. The minimum absolute atomic E-state index is 0.0179. The van der Waals surface area contributed by atoms with E-state index < -0.39 is 0 Å². The molecule has 0 unspecified atom stereocenters. The van der Waals surface area contributed by atoms with Gasteiger partial charge in [0.05, 0.1) is 11.7 Å². The third-order valence-corrected chi connectivity index (χ3v) is 4.43. The Bertz CT molecular complexity index is 929. The van der Waals surface area contributed by atoms with Crippen LogP contribution in [0, 0.1) is 0 Å². The first-order valence-electron chi connectivity index (χ1n) is 9.03. The van der Waals surface area contributed by atoms with E-state index in [1.165, 1.54) is 0 Å². The van der Waals surface area contributed by atoms with E-state index in [-0.39, 0.29) is 11.8 Å². The topological polar surface area (TPSA) is 66.7 Å². The fourth-order valence-electron chi connectivity index (χ4n) is 2.92. The van der Waals surface area contributed by atoms with Crippen molar-refractivity contribution in [2.24, 2.45) is 0 Å². The first-order chi connectivity index (χ1) is 13.0. The van der Waals surface area contributed by atoms with Crippen LogP contribution in [0.1, 0.15) is 28.2 Å². The Morgan fingerprint density at radius 3 is 2.59 bits per heavy atom. The van der Waals surface area contributed by atoms with E-state index in [1.54, 1.807) is 31.1 Å². The fraction of sp³-hybridized carbons (Fsp3) is 0.286. The summed E-state index contributed by atoms with van der Waals surface area (Å²) in [5.41, 5.74) is 2.75. The van der Waals surface area contributed by atoms with Gasteiger partial charge in [-0.3, -0.25) is 9.59 Å². The van der Waals surface area contributed by atoms with E-state index in [2.05, 4.69) is 10.3 Å². The number of amides is 2. The van der Waals surface area contributed by atoms with Gasteiger partial charge in [-0.25, -0.2) is 4.98 Å². The molecular weight excluding hydrogens is 340 g/mol. The highest BCUT2D eigenvalue weighted by atomic mass is 16.2. The predicted molar refractivity (Wildman–Crippen MR) is 105 cm³/mol. The largest absolute Gasteiger partial charge is 0.356 e. The Hall–Kier alpha value is -3.15. The second-order valence-corrected chi connectivity index (χ2v) is 6.67. The number of fused-ring (bicyclic) bond motifs is 1. The zero-order valence-electron chi connectivity index (χ0n) is 15.7. The van der Waals surface area contributed by atoms with E-state index in [9.17, 15) is 9.59 Å². The van der Waals surface area contributed by atoms with Crippen molar-refractivity contribution in [1.29, 1.82) is 0 Å². The number of benzene rings is 1. The SMILES string of the molecule is CN(C)C(=O)c1ccc(CCC(=O)NCCc2ncc3ccccn23)cc1. The van der Waals surface area contributed by atoms with Crippen molar-refractivity contribution >= 4 is 17.3 Å². The standard InChI is InChI=1S/C21H24N4O2/c1-24(2)21(27)17-9-6-16(7-10-17)8-11-20(26)22-13-12-19-23-15-18-5-3-4-14-25(18)19/h3-7,9-10,14-15H,8,11-13H2,1-2H3,(H,22,26). The first-order valence-corrected chi connectivity index (χ1v) is 9.03. The van der Waals surface area contributed by atoms with Gasteiger partial charge in [0, 0.05) is 45.2 Å². The van der Waals surface area contributed by atoms with Gasteiger partial charge in [0.2, 0.25) is 5.91 Å². The van der Waals surface area contributed by atoms with Crippen LogP contribution in [0.5, 0.6) is 0 Å². The number of hydrogen-bond acceptors (Lipinski definition) is 3. The van der Waals surface area contributed by atoms with Crippen molar-refractivity contribution in [2.75, 3.05) is 20.6 Å². The average Bonchev–Trinajstić information content (AvgIpc) is 3.09. The maximum atomic E-state index is 12.1. The monoisotopic (exact) mass is 364 g/mol. The molecule has 0 saturated heterocycles. The number of hydrogen-bond donors (Lipinski definition) is 1. The molecular formula is C21H24N4O2. The second-order valence-electron chi connectivity index (χ2n) is 6.67. The van der Waals surface area contributed by atoms with Gasteiger partial charge in [-0.05, 0) is 36.2 Å². The van der Waals surface area contributed by atoms with Crippen LogP contribution in [0.4, 0.5) is 0 Å². The predicted octanol–water partition coefficient (Wildman–Crippen LogP) is 2.33. The van der Waals surface area contributed by atoms with Gasteiger partial charge in [0.1, 0.15) is 5.82 Å². The number of aryl methyl sites for hydroxylation is 1. The van der Waals surface area contributed by atoms with Gasteiger partial charge in [-0.15, -0.1) is 0 Å². The maximum absolute atomic E-state index is 12.1. The van der Waals surface area contributed by atoms with Crippen molar-refractivity contribution in [1.82, 2.24) is 19.6 Å². The summed E-state index contributed by atoms with van der Waals surface area (Å²) in [5.74, 6) is 0.933. The molecule has 6 nitrogen and oxygen atoms in total.